The zero-order valence-electron chi connectivity index (χ0n) is 13.8. The first kappa shape index (κ1) is 15.3. The standard InChI is InChI=1S/C18H20N2O4/c1-4-8-5-13-14(18(24)20(3)17(13)23)10-7-12-11(6-9(8)10)15(21)19(2)16(12)22/h4,10-14H,1,5-7H2,2-3H3/t10-,11+,12-,13+,14-/m1/s1. The van der Waals surface area contributed by atoms with Gasteiger partial charge in [-0.25, -0.2) is 0 Å². The van der Waals surface area contributed by atoms with Crippen molar-refractivity contribution in [2.45, 2.75) is 19.3 Å². The molecule has 0 N–H and O–H groups in total. The van der Waals surface area contributed by atoms with E-state index in [2.05, 4.69) is 6.58 Å². The molecule has 6 heteroatoms. The molecule has 2 aliphatic heterocycles. The molecule has 0 bridgehead atoms. The third-order valence-corrected chi connectivity index (χ3v) is 6.41. The third kappa shape index (κ3) is 1.71. The average molecular weight is 328 g/mol. The number of nitrogens with zero attached hydrogens (tertiary/aromatic N) is 2. The van der Waals surface area contributed by atoms with Crippen molar-refractivity contribution in [2.24, 2.45) is 29.6 Å². The molecule has 2 aliphatic carbocycles. The van der Waals surface area contributed by atoms with E-state index in [9.17, 15) is 19.2 Å². The van der Waals surface area contributed by atoms with E-state index < -0.39 is 5.92 Å². The van der Waals surface area contributed by atoms with Crippen LogP contribution in [0.25, 0.3) is 0 Å². The number of carbonyl (C=O) groups is 4. The lowest BCUT2D eigenvalue weighted by Crippen LogP contribution is -2.40. The number of amides is 4. The maximum Gasteiger partial charge on any atom is 0.233 e. The zero-order chi connectivity index (χ0) is 17.3. The number of hydrogen-bond acceptors (Lipinski definition) is 4. The van der Waals surface area contributed by atoms with Crippen molar-refractivity contribution < 1.29 is 19.2 Å². The number of likely N-dealkylation sites (tertiary alicyclic amines) is 2. The number of carbonyl (C=O) groups excluding carboxylic acids is 4. The molecule has 0 aromatic heterocycles. The molecule has 0 aromatic carbocycles. The molecule has 0 unspecified atom stereocenters. The molecular weight excluding hydrogens is 308 g/mol. The fraction of sp³-hybridized carbons (Fsp3) is 0.556. The Morgan fingerprint density at radius 1 is 0.833 bits per heavy atom. The van der Waals surface area contributed by atoms with Crippen LogP contribution in [-0.2, 0) is 19.2 Å². The molecule has 0 radical (unpaired) electrons. The minimum absolute atomic E-state index is 0.132. The molecule has 5 atom stereocenters. The smallest absolute Gasteiger partial charge is 0.233 e. The molecule has 2 saturated heterocycles. The van der Waals surface area contributed by atoms with Crippen LogP contribution < -0.4 is 0 Å². The molecule has 1 saturated carbocycles. The predicted molar refractivity (Wildman–Crippen MR) is 84.1 cm³/mol. The van der Waals surface area contributed by atoms with Crippen LogP contribution in [0.3, 0.4) is 0 Å². The van der Waals surface area contributed by atoms with E-state index in [0.717, 1.165) is 11.1 Å². The summed E-state index contributed by atoms with van der Waals surface area (Å²) in [6.45, 7) is 3.86. The molecular formula is C18H20N2O4. The van der Waals surface area contributed by atoms with E-state index in [0.29, 0.717) is 19.3 Å². The third-order valence-electron chi connectivity index (χ3n) is 6.41. The second-order valence-electron chi connectivity index (χ2n) is 7.32. The van der Waals surface area contributed by atoms with E-state index in [-0.39, 0.29) is 47.3 Å². The molecule has 4 aliphatic rings. The maximum absolute atomic E-state index is 12.6. The number of hydrogen-bond donors (Lipinski definition) is 0. The monoisotopic (exact) mass is 328 g/mol. The van der Waals surface area contributed by atoms with Crippen LogP contribution in [-0.4, -0.2) is 47.5 Å². The van der Waals surface area contributed by atoms with Gasteiger partial charge in [0.2, 0.25) is 23.6 Å². The van der Waals surface area contributed by atoms with Gasteiger partial charge in [-0.2, -0.15) is 0 Å². The van der Waals surface area contributed by atoms with Gasteiger partial charge in [0.15, 0.2) is 0 Å². The summed E-state index contributed by atoms with van der Waals surface area (Å²) >= 11 is 0. The number of fused-ring (bicyclic) bond motifs is 4. The van der Waals surface area contributed by atoms with Gasteiger partial charge in [0.1, 0.15) is 0 Å². The van der Waals surface area contributed by atoms with E-state index in [1.165, 1.54) is 23.9 Å². The quantitative estimate of drug-likeness (QED) is 0.666. The average Bonchev–Trinajstić information content (AvgIpc) is 2.93. The van der Waals surface area contributed by atoms with Gasteiger partial charge < -0.3 is 0 Å². The molecule has 126 valence electrons. The second-order valence-corrected chi connectivity index (χ2v) is 7.32. The summed E-state index contributed by atoms with van der Waals surface area (Å²) in [5, 5.41) is 0. The summed E-state index contributed by atoms with van der Waals surface area (Å²) in [4.78, 5) is 52.2. The van der Waals surface area contributed by atoms with E-state index in [4.69, 9.17) is 0 Å². The molecule has 2 heterocycles. The fourth-order valence-corrected chi connectivity index (χ4v) is 5.14. The Bertz CT molecular complexity index is 737. The number of allylic oxidation sites excluding steroid dienone is 3. The lowest BCUT2D eigenvalue weighted by Gasteiger charge is -2.40. The van der Waals surface area contributed by atoms with E-state index in [1.807, 2.05) is 0 Å². The van der Waals surface area contributed by atoms with Gasteiger partial charge in [-0.3, -0.25) is 29.0 Å². The summed E-state index contributed by atoms with van der Waals surface area (Å²) in [7, 11) is 3.05. The van der Waals surface area contributed by atoms with E-state index >= 15 is 0 Å². The molecule has 3 fully saturated rings. The predicted octanol–water partition coefficient (Wildman–Crippen LogP) is 0.745. The highest BCUT2D eigenvalue weighted by Gasteiger charge is 2.58. The van der Waals surface area contributed by atoms with E-state index in [1.54, 1.807) is 6.08 Å². The summed E-state index contributed by atoms with van der Waals surface area (Å²) in [5.74, 6) is -2.16. The van der Waals surface area contributed by atoms with Gasteiger partial charge in [0.25, 0.3) is 0 Å². The number of imide groups is 2. The first-order chi connectivity index (χ1) is 11.4. The molecule has 4 amide bonds. The van der Waals surface area contributed by atoms with Crippen LogP contribution in [0.4, 0.5) is 0 Å². The lowest BCUT2D eigenvalue weighted by molar-refractivity contribution is -0.140. The lowest BCUT2D eigenvalue weighted by atomic mass is 9.60. The first-order valence-electron chi connectivity index (χ1n) is 8.34. The Morgan fingerprint density at radius 2 is 1.42 bits per heavy atom. The Balaban J connectivity index is 1.79. The highest BCUT2D eigenvalue weighted by molar-refractivity contribution is 6.07. The van der Waals surface area contributed by atoms with Gasteiger partial charge in [0.05, 0.1) is 23.7 Å². The van der Waals surface area contributed by atoms with Gasteiger partial charge in [-0.15, -0.1) is 0 Å². The van der Waals surface area contributed by atoms with Crippen molar-refractivity contribution in [3.05, 3.63) is 23.8 Å². The normalized spacial score (nSPS) is 38.5. The fourth-order valence-electron chi connectivity index (χ4n) is 5.14. The Kier molecular flexibility index (Phi) is 3.11. The topological polar surface area (TPSA) is 74.8 Å². The minimum Gasteiger partial charge on any atom is -0.285 e. The molecule has 4 rings (SSSR count). The summed E-state index contributed by atoms with van der Waals surface area (Å²) < 4.78 is 0. The minimum atomic E-state index is -0.393. The van der Waals surface area contributed by atoms with Gasteiger partial charge >= 0.3 is 0 Å². The zero-order valence-corrected chi connectivity index (χ0v) is 13.8. The first-order valence-corrected chi connectivity index (χ1v) is 8.34. The summed E-state index contributed by atoms with van der Waals surface area (Å²) in [6, 6.07) is 0. The summed E-state index contributed by atoms with van der Waals surface area (Å²) in [5.41, 5.74) is 2.03. The van der Waals surface area contributed by atoms with Crippen LogP contribution in [0, 0.1) is 29.6 Å². The highest BCUT2D eigenvalue weighted by Crippen LogP contribution is 2.54. The summed E-state index contributed by atoms with van der Waals surface area (Å²) in [6.07, 6.45) is 3.23. The molecule has 6 nitrogen and oxygen atoms in total. The van der Waals surface area contributed by atoms with Crippen molar-refractivity contribution in [1.29, 1.82) is 0 Å². The van der Waals surface area contributed by atoms with Gasteiger partial charge in [-0.05, 0) is 30.8 Å². The molecule has 24 heavy (non-hydrogen) atoms. The SMILES string of the molecule is C=CC1=C2C[C@@H]3C(=O)N(C)C(=O)[C@@H]3C[C@H]2[C@H]2C(=O)N(C)C(=O)[C@H]2C1. The van der Waals surface area contributed by atoms with Crippen LogP contribution >= 0.6 is 0 Å². The van der Waals surface area contributed by atoms with Crippen molar-refractivity contribution in [1.82, 2.24) is 9.80 Å². The second kappa shape index (κ2) is 4.88. The van der Waals surface area contributed by atoms with Crippen molar-refractivity contribution >= 4 is 23.6 Å². The highest BCUT2D eigenvalue weighted by atomic mass is 16.2. The van der Waals surface area contributed by atoms with Crippen LogP contribution in [0.1, 0.15) is 19.3 Å². The van der Waals surface area contributed by atoms with Gasteiger partial charge in [-0.1, -0.05) is 18.2 Å². The van der Waals surface area contributed by atoms with Crippen molar-refractivity contribution in [3.63, 3.8) is 0 Å². The largest absolute Gasteiger partial charge is 0.285 e. The Hall–Kier alpha value is -2.24. The maximum atomic E-state index is 12.6. The Morgan fingerprint density at radius 3 is 2.08 bits per heavy atom. The van der Waals surface area contributed by atoms with Crippen LogP contribution in [0.15, 0.2) is 23.8 Å². The molecule has 0 spiro atoms. The molecule has 0 aromatic rings. The van der Waals surface area contributed by atoms with Crippen LogP contribution in [0.2, 0.25) is 0 Å². The van der Waals surface area contributed by atoms with Crippen molar-refractivity contribution in [3.8, 4) is 0 Å². The van der Waals surface area contributed by atoms with Crippen molar-refractivity contribution in [2.75, 3.05) is 14.1 Å². The number of rotatable bonds is 1. The Labute approximate surface area is 140 Å². The van der Waals surface area contributed by atoms with Crippen LogP contribution in [0.5, 0.6) is 0 Å². The van der Waals surface area contributed by atoms with Gasteiger partial charge in [0, 0.05) is 14.1 Å².